The molecule has 0 radical (unpaired) electrons. The number of carbonyl (C=O) groups excluding carboxylic acids is 1. The average Bonchev–Trinajstić information content (AvgIpc) is 3.29. The molecule has 0 unspecified atom stereocenters. The first-order valence-electron chi connectivity index (χ1n) is 8.03. The summed E-state index contributed by atoms with van der Waals surface area (Å²) < 4.78 is 15.8. The van der Waals surface area contributed by atoms with Crippen molar-refractivity contribution in [1.29, 1.82) is 0 Å². The quantitative estimate of drug-likeness (QED) is 0.634. The van der Waals surface area contributed by atoms with E-state index in [1.807, 2.05) is 31.2 Å². The fourth-order valence-corrected chi connectivity index (χ4v) is 2.16. The number of carbonyl (C=O) groups is 1. The lowest BCUT2D eigenvalue weighted by molar-refractivity contribution is -0.121. The molecule has 0 bridgehead atoms. The molecule has 0 atom stereocenters. The minimum Gasteiger partial charge on any atom is -0.492 e. The lowest BCUT2D eigenvalue weighted by Crippen LogP contribution is -2.28. The first-order chi connectivity index (χ1) is 12.2. The summed E-state index contributed by atoms with van der Waals surface area (Å²) in [5, 5.41) is 6.62. The van der Waals surface area contributed by atoms with Crippen molar-refractivity contribution in [1.82, 2.24) is 15.5 Å². The standard InChI is InChI=1S/C18H19N3O4/c1-13-4-6-14(7-5-13)23-12-10-19-16(22)8-9-17-20-18(21-25-17)15-3-2-11-24-15/h2-7,11H,8-10,12H2,1H3,(H,19,22). The van der Waals surface area contributed by atoms with E-state index < -0.39 is 0 Å². The van der Waals surface area contributed by atoms with Gasteiger partial charge in [0.25, 0.3) is 0 Å². The SMILES string of the molecule is Cc1ccc(OCCNC(=O)CCc2nc(-c3ccco3)no2)cc1. The summed E-state index contributed by atoms with van der Waals surface area (Å²) in [4.78, 5) is 16.0. The second-order valence-electron chi connectivity index (χ2n) is 5.50. The van der Waals surface area contributed by atoms with Gasteiger partial charge in [0.05, 0.1) is 12.8 Å². The van der Waals surface area contributed by atoms with Crippen LogP contribution in [0.1, 0.15) is 17.9 Å². The molecule has 0 aliphatic heterocycles. The van der Waals surface area contributed by atoms with E-state index in [1.54, 1.807) is 12.1 Å². The molecule has 2 heterocycles. The lowest BCUT2D eigenvalue weighted by Gasteiger charge is -2.07. The lowest BCUT2D eigenvalue weighted by atomic mass is 10.2. The summed E-state index contributed by atoms with van der Waals surface area (Å²) in [7, 11) is 0. The zero-order valence-electron chi connectivity index (χ0n) is 13.9. The van der Waals surface area contributed by atoms with Gasteiger partial charge in [-0.3, -0.25) is 4.79 Å². The van der Waals surface area contributed by atoms with E-state index in [2.05, 4.69) is 15.5 Å². The zero-order valence-corrected chi connectivity index (χ0v) is 13.9. The molecule has 0 spiro atoms. The highest BCUT2D eigenvalue weighted by atomic mass is 16.5. The Morgan fingerprint density at radius 3 is 2.84 bits per heavy atom. The minimum absolute atomic E-state index is 0.0924. The second-order valence-corrected chi connectivity index (χ2v) is 5.50. The topological polar surface area (TPSA) is 90.4 Å². The molecule has 2 aromatic heterocycles. The van der Waals surface area contributed by atoms with Crippen LogP contribution < -0.4 is 10.1 Å². The molecular formula is C18H19N3O4. The summed E-state index contributed by atoms with van der Waals surface area (Å²) in [6, 6.07) is 11.3. The van der Waals surface area contributed by atoms with E-state index in [9.17, 15) is 4.79 Å². The van der Waals surface area contributed by atoms with Crippen molar-refractivity contribution < 1.29 is 18.5 Å². The van der Waals surface area contributed by atoms with Gasteiger partial charge in [0, 0.05) is 12.8 Å². The summed E-state index contributed by atoms with van der Waals surface area (Å²) in [5.41, 5.74) is 1.18. The average molecular weight is 341 g/mol. The number of aromatic nitrogens is 2. The van der Waals surface area contributed by atoms with Gasteiger partial charge in [-0.05, 0) is 31.2 Å². The van der Waals surface area contributed by atoms with Gasteiger partial charge in [0.1, 0.15) is 12.4 Å². The number of aryl methyl sites for hydroxylation is 2. The van der Waals surface area contributed by atoms with Gasteiger partial charge in [-0.1, -0.05) is 22.9 Å². The maximum absolute atomic E-state index is 11.8. The third-order valence-corrected chi connectivity index (χ3v) is 3.49. The Labute approximate surface area is 145 Å². The molecule has 0 saturated heterocycles. The largest absolute Gasteiger partial charge is 0.492 e. The van der Waals surface area contributed by atoms with Crippen LogP contribution >= 0.6 is 0 Å². The van der Waals surface area contributed by atoms with E-state index in [0.717, 1.165) is 5.75 Å². The highest BCUT2D eigenvalue weighted by Crippen LogP contribution is 2.16. The van der Waals surface area contributed by atoms with Crippen LogP contribution in [0, 0.1) is 6.92 Å². The smallest absolute Gasteiger partial charge is 0.238 e. The highest BCUT2D eigenvalue weighted by molar-refractivity contribution is 5.76. The van der Waals surface area contributed by atoms with Gasteiger partial charge < -0.3 is 19.0 Å². The van der Waals surface area contributed by atoms with Crippen LogP contribution in [-0.2, 0) is 11.2 Å². The molecule has 0 aliphatic carbocycles. The summed E-state index contributed by atoms with van der Waals surface area (Å²) in [6.45, 7) is 2.87. The molecule has 130 valence electrons. The van der Waals surface area contributed by atoms with Gasteiger partial charge in [0.15, 0.2) is 5.76 Å². The molecule has 1 aromatic carbocycles. The Bertz CT molecular complexity index is 794. The van der Waals surface area contributed by atoms with Crippen molar-refractivity contribution >= 4 is 5.91 Å². The van der Waals surface area contributed by atoms with Gasteiger partial charge in [-0.25, -0.2) is 0 Å². The third-order valence-electron chi connectivity index (χ3n) is 3.49. The first-order valence-corrected chi connectivity index (χ1v) is 8.03. The highest BCUT2D eigenvalue weighted by Gasteiger charge is 2.12. The Morgan fingerprint density at radius 2 is 2.08 bits per heavy atom. The molecule has 3 aromatic rings. The van der Waals surface area contributed by atoms with Crippen LogP contribution in [0.5, 0.6) is 5.75 Å². The molecule has 1 amide bonds. The van der Waals surface area contributed by atoms with Gasteiger partial charge in [0.2, 0.25) is 17.6 Å². The van der Waals surface area contributed by atoms with Crippen LogP contribution in [0.3, 0.4) is 0 Å². The van der Waals surface area contributed by atoms with Gasteiger partial charge in [-0.2, -0.15) is 4.98 Å². The fraction of sp³-hybridized carbons (Fsp3) is 0.278. The first kappa shape index (κ1) is 16.8. The van der Waals surface area contributed by atoms with Gasteiger partial charge in [-0.15, -0.1) is 0 Å². The predicted octanol–water partition coefficient (Wildman–Crippen LogP) is 2.77. The fourth-order valence-electron chi connectivity index (χ4n) is 2.16. The van der Waals surface area contributed by atoms with Crippen LogP contribution in [-0.4, -0.2) is 29.2 Å². The van der Waals surface area contributed by atoms with Crippen molar-refractivity contribution in [2.75, 3.05) is 13.2 Å². The number of furan rings is 1. The van der Waals surface area contributed by atoms with E-state index >= 15 is 0 Å². The maximum Gasteiger partial charge on any atom is 0.238 e. The van der Waals surface area contributed by atoms with E-state index in [1.165, 1.54) is 11.8 Å². The number of nitrogens with zero attached hydrogens (tertiary/aromatic N) is 2. The monoisotopic (exact) mass is 341 g/mol. The number of nitrogens with one attached hydrogen (secondary N) is 1. The van der Waals surface area contributed by atoms with Crippen molar-refractivity contribution in [2.45, 2.75) is 19.8 Å². The van der Waals surface area contributed by atoms with E-state index in [-0.39, 0.29) is 12.3 Å². The molecule has 3 rings (SSSR count). The number of rotatable bonds is 8. The van der Waals surface area contributed by atoms with Crippen molar-refractivity contribution in [3.8, 4) is 17.3 Å². The van der Waals surface area contributed by atoms with Crippen molar-refractivity contribution in [2.24, 2.45) is 0 Å². The van der Waals surface area contributed by atoms with Crippen molar-refractivity contribution in [3.63, 3.8) is 0 Å². The molecule has 1 N–H and O–H groups in total. The van der Waals surface area contributed by atoms with E-state index in [0.29, 0.717) is 37.0 Å². The van der Waals surface area contributed by atoms with Crippen LogP contribution in [0.25, 0.3) is 11.6 Å². The molecule has 0 aliphatic rings. The number of hydrogen-bond acceptors (Lipinski definition) is 6. The molecule has 7 heteroatoms. The number of benzene rings is 1. The molecule has 7 nitrogen and oxygen atoms in total. The molecule has 0 fully saturated rings. The zero-order chi connectivity index (χ0) is 17.5. The Balaban J connectivity index is 1.35. The Hall–Kier alpha value is -3.09. The molecule has 25 heavy (non-hydrogen) atoms. The van der Waals surface area contributed by atoms with Crippen LogP contribution in [0.2, 0.25) is 0 Å². The Morgan fingerprint density at radius 1 is 1.24 bits per heavy atom. The van der Waals surface area contributed by atoms with Crippen LogP contribution in [0.4, 0.5) is 0 Å². The van der Waals surface area contributed by atoms with E-state index in [4.69, 9.17) is 13.7 Å². The van der Waals surface area contributed by atoms with Gasteiger partial charge >= 0.3 is 0 Å². The normalized spacial score (nSPS) is 10.6. The summed E-state index contributed by atoms with van der Waals surface area (Å²) in [6.07, 6.45) is 2.18. The Kier molecular flexibility index (Phi) is 5.46. The van der Waals surface area contributed by atoms with Crippen molar-refractivity contribution in [3.05, 3.63) is 54.1 Å². The second kappa shape index (κ2) is 8.14. The maximum atomic E-state index is 11.8. The molecular weight excluding hydrogens is 322 g/mol. The predicted molar refractivity (Wildman–Crippen MR) is 90.0 cm³/mol. The van der Waals surface area contributed by atoms with Crippen LogP contribution in [0.15, 0.2) is 51.6 Å². The number of ether oxygens (including phenoxy) is 1. The summed E-state index contributed by atoms with van der Waals surface area (Å²) >= 11 is 0. The number of hydrogen-bond donors (Lipinski definition) is 1. The third kappa shape index (κ3) is 4.94. The minimum atomic E-state index is -0.0924. The number of amides is 1. The molecule has 0 saturated carbocycles. The summed E-state index contributed by atoms with van der Waals surface area (Å²) in [5.74, 6) is 2.01.